The summed E-state index contributed by atoms with van der Waals surface area (Å²) in [6.45, 7) is 2.46. The number of ether oxygens (including phenoxy) is 1. The van der Waals surface area contributed by atoms with Crippen molar-refractivity contribution < 1.29 is 14.3 Å². The minimum Gasteiger partial charge on any atom is -0.376 e. The van der Waals surface area contributed by atoms with E-state index in [1.807, 2.05) is 36.4 Å². The SMILES string of the molecule is CC(COCc1ccccc1)C(=O)NC(C(N)=O)c1ccccc1. The molecule has 2 atom stereocenters. The molecule has 126 valence electrons. The molecule has 2 aromatic carbocycles. The zero-order valence-electron chi connectivity index (χ0n) is 13.6. The van der Waals surface area contributed by atoms with Gasteiger partial charge in [-0.25, -0.2) is 0 Å². The highest BCUT2D eigenvalue weighted by Crippen LogP contribution is 2.13. The molecule has 0 aliphatic rings. The van der Waals surface area contributed by atoms with Crippen molar-refractivity contribution >= 4 is 11.8 Å². The Bertz CT molecular complexity index is 659. The number of nitrogens with two attached hydrogens (primary N) is 1. The van der Waals surface area contributed by atoms with Gasteiger partial charge in [-0.05, 0) is 11.1 Å². The van der Waals surface area contributed by atoms with Gasteiger partial charge >= 0.3 is 0 Å². The highest BCUT2D eigenvalue weighted by Gasteiger charge is 2.23. The van der Waals surface area contributed by atoms with Crippen LogP contribution in [-0.4, -0.2) is 18.4 Å². The summed E-state index contributed by atoms with van der Waals surface area (Å²) >= 11 is 0. The zero-order chi connectivity index (χ0) is 17.4. The molecule has 0 aromatic heterocycles. The van der Waals surface area contributed by atoms with E-state index < -0.39 is 11.9 Å². The van der Waals surface area contributed by atoms with Crippen molar-refractivity contribution in [2.75, 3.05) is 6.61 Å². The molecule has 2 aromatic rings. The van der Waals surface area contributed by atoms with Gasteiger partial charge in [-0.2, -0.15) is 0 Å². The lowest BCUT2D eigenvalue weighted by atomic mass is 10.1. The maximum absolute atomic E-state index is 12.3. The number of amides is 2. The predicted octanol–water partition coefficient (Wildman–Crippen LogP) is 2.18. The Labute approximate surface area is 141 Å². The number of primary amides is 1. The van der Waals surface area contributed by atoms with Crippen LogP contribution in [0.2, 0.25) is 0 Å². The lowest BCUT2D eigenvalue weighted by molar-refractivity contribution is -0.131. The number of nitrogens with one attached hydrogen (secondary N) is 1. The summed E-state index contributed by atoms with van der Waals surface area (Å²) in [7, 11) is 0. The van der Waals surface area contributed by atoms with Crippen molar-refractivity contribution in [3.05, 3.63) is 71.8 Å². The van der Waals surface area contributed by atoms with E-state index in [0.29, 0.717) is 12.2 Å². The predicted molar refractivity (Wildman–Crippen MR) is 91.8 cm³/mol. The van der Waals surface area contributed by atoms with Crippen LogP contribution in [0, 0.1) is 5.92 Å². The summed E-state index contributed by atoms with van der Waals surface area (Å²) in [5, 5.41) is 2.69. The van der Waals surface area contributed by atoms with Crippen LogP contribution in [0.5, 0.6) is 0 Å². The molecule has 5 heteroatoms. The number of hydrogen-bond acceptors (Lipinski definition) is 3. The largest absolute Gasteiger partial charge is 0.376 e. The standard InChI is InChI=1S/C19H22N2O3/c1-14(12-24-13-15-8-4-2-5-9-15)19(23)21-17(18(20)22)16-10-6-3-7-11-16/h2-11,14,17H,12-13H2,1H3,(H2,20,22)(H,21,23). The lowest BCUT2D eigenvalue weighted by Gasteiger charge is -2.19. The Morgan fingerprint density at radius 2 is 1.62 bits per heavy atom. The normalized spacial score (nSPS) is 13.0. The third-order valence-corrected chi connectivity index (χ3v) is 3.63. The van der Waals surface area contributed by atoms with Gasteiger partial charge in [0.25, 0.3) is 0 Å². The van der Waals surface area contributed by atoms with Crippen LogP contribution >= 0.6 is 0 Å². The van der Waals surface area contributed by atoms with Gasteiger partial charge < -0.3 is 15.8 Å². The van der Waals surface area contributed by atoms with Crippen LogP contribution in [0.15, 0.2) is 60.7 Å². The molecule has 0 spiro atoms. The number of carbonyl (C=O) groups is 2. The Hall–Kier alpha value is -2.66. The van der Waals surface area contributed by atoms with Gasteiger partial charge in [0.05, 0.1) is 19.1 Å². The summed E-state index contributed by atoms with van der Waals surface area (Å²) in [5.41, 5.74) is 7.12. The first-order chi connectivity index (χ1) is 11.6. The van der Waals surface area contributed by atoms with Crippen LogP contribution in [0.25, 0.3) is 0 Å². The fourth-order valence-corrected chi connectivity index (χ4v) is 2.25. The van der Waals surface area contributed by atoms with E-state index in [1.165, 1.54) is 0 Å². The quantitative estimate of drug-likeness (QED) is 0.780. The topological polar surface area (TPSA) is 81.4 Å². The number of hydrogen-bond donors (Lipinski definition) is 2. The van der Waals surface area contributed by atoms with E-state index in [4.69, 9.17) is 10.5 Å². The molecule has 3 N–H and O–H groups in total. The number of carbonyl (C=O) groups excluding carboxylic acids is 2. The van der Waals surface area contributed by atoms with Crippen molar-refractivity contribution in [1.82, 2.24) is 5.32 Å². The first-order valence-corrected chi connectivity index (χ1v) is 7.84. The summed E-state index contributed by atoms with van der Waals surface area (Å²) in [6.07, 6.45) is 0. The number of rotatable bonds is 8. The summed E-state index contributed by atoms with van der Waals surface area (Å²) in [4.78, 5) is 23.9. The van der Waals surface area contributed by atoms with Gasteiger partial charge in [-0.1, -0.05) is 67.6 Å². The third-order valence-electron chi connectivity index (χ3n) is 3.63. The smallest absolute Gasteiger partial charge is 0.244 e. The molecule has 5 nitrogen and oxygen atoms in total. The van der Waals surface area contributed by atoms with Crippen molar-refractivity contribution in [2.24, 2.45) is 11.7 Å². The minimum atomic E-state index is -0.838. The van der Waals surface area contributed by atoms with Gasteiger partial charge in [-0.15, -0.1) is 0 Å². The van der Waals surface area contributed by atoms with Gasteiger partial charge in [0, 0.05) is 0 Å². The van der Waals surface area contributed by atoms with Crippen molar-refractivity contribution in [3.63, 3.8) is 0 Å². The second-order valence-electron chi connectivity index (χ2n) is 5.66. The van der Waals surface area contributed by atoms with Crippen LogP contribution in [0.4, 0.5) is 0 Å². The zero-order valence-corrected chi connectivity index (χ0v) is 13.6. The maximum atomic E-state index is 12.3. The first kappa shape index (κ1) is 17.7. The molecule has 2 unspecified atom stereocenters. The minimum absolute atomic E-state index is 0.265. The average Bonchev–Trinajstić information content (AvgIpc) is 2.60. The third kappa shape index (κ3) is 5.21. The molecule has 0 aliphatic carbocycles. The van der Waals surface area contributed by atoms with Crippen LogP contribution in [0.1, 0.15) is 24.1 Å². The first-order valence-electron chi connectivity index (χ1n) is 7.84. The Balaban J connectivity index is 1.86. The molecule has 0 aliphatic heterocycles. The van der Waals surface area contributed by atoms with Gasteiger partial charge in [0.15, 0.2) is 0 Å². The van der Waals surface area contributed by atoms with Gasteiger partial charge in [-0.3, -0.25) is 9.59 Å². The van der Waals surface area contributed by atoms with E-state index in [2.05, 4.69) is 5.32 Å². The molecule has 0 saturated heterocycles. The fraction of sp³-hybridized carbons (Fsp3) is 0.263. The second-order valence-corrected chi connectivity index (χ2v) is 5.66. The molecule has 0 saturated carbocycles. The number of benzene rings is 2. The molecule has 24 heavy (non-hydrogen) atoms. The molecule has 0 fully saturated rings. The molecule has 0 heterocycles. The van der Waals surface area contributed by atoms with Crippen molar-refractivity contribution in [2.45, 2.75) is 19.6 Å². The second kappa shape index (κ2) is 8.84. The summed E-state index contributed by atoms with van der Waals surface area (Å²) in [6, 6.07) is 17.8. The van der Waals surface area contributed by atoms with Crippen molar-refractivity contribution in [1.29, 1.82) is 0 Å². The maximum Gasteiger partial charge on any atom is 0.244 e. The van der Waals surface area contributed by atoms with E-state index >= 15 is 0 Å². The highest BCUT2D eigenvalue weighted by molar-refractivity contribution is 5.88. The fourth-order valence-electron chi connectivity index (χ4n) is 2.25. The van der Waals surface area contributed by atoms with Crippen LogP contribution < -0.4 is 11.1 Å². The summed E-state index contributed by atoms with van der Waals surface area (Å²) < 4.78 is 5.57. The Morgan fingerprint density at radius 3 is 2.21 bits per heavy atom. The van der Waals surface area contributed by atoms with Crippen molar-refractivity contribution in [3.8, 4) is 0 Å². The molecule has 2 rings (SSSR count). The molecular formula is C19H22N2O3. The lowest BCUT2D eigenvalue weighted by Crippen LogP contribution is -2.40. The van der Waals surface area contributed by atoms with Crippen LogP contribution in [-0.2, 0) is 20.9 Å². The Kier molecular flexibility index (Phi) is 6.51. The van der Waals surface area contributed by atoms with E-state index in [-0.39, 0.29) is 18.4 Å². The average molecular weight is 326 g/mol. The monoisotopic (exact) mass is 326 g/mol. The summed E-state index contributed by atoms with van der Waals surface area (Å²) in [5.74, 6) is -1.25. The van der Waals surface area contributed by atoms with Crippen LogP contribution in [0.3, 0.4) is 0 Å². The van der Waals surface area contributed by atoms with E-state index in [0.717, 1.165) is 5.56 Å². The van der Waals surface area contributed by atoms with Gasteiger partial charge in [0.1, 0.15) is 6.04 Å². The van der Waals surface area contributed by atoms with E-state index in [9.17, 15) is 9.59 Å². The van der Waals surface area contributed by atoms with E-state index in [1.54, 1.807) is 31.2 Å². The molecule has 0 radical (unpaired) electrons. The highest BCUT2D eigenvalue weighted by atomic mass is 16.5. The van der Waals surface area contributed by atoms with Gasteiger partial charge in [0.2, 0.25) is 11.8 Å². The molecule has 0 bridgehead atoms. The molecule has 2 amide bonds. The molecular weight excluding hydrogens is 304 g/mol. The Morgan fingerprint density at radius 1 is 1.04 bits per heavy atom.